The van der Waals surface area contributed by atoms with Gasteiger partial charge >= 0.3 is 0 Å². The first-order chi connectivity index (χ1) is 17.8. The van der Waals surface area contributed by atoms with E-state index in [-0.39, 0.29) is 29.5 Å². The van der Waals surface area contributed by atoms with Crippen LogP contribution in [0.3, 0.4) is 0 Å². The average Bonchev–Trinajstić information content (AvgIpc) is 3.28. The highest BCUT2D eigenvalue weighted by atomic mass is 35.5. The number of aryl methyl sites for hydroxylation is 2. The maximum absolute atomic E-state index is 15.2. The number of fused-ring (bicyclic) bond motifs is 1. The molecule has 0 unspecified atom stereocenters. The van der Waals surface area contributed by atoms with E-state index in [9.17, 15) is 9.59 Å². The van der Waals surface area contributed by atoms with Crippen LogP contribution in [0.4, 0.5) is 10.2 Å². The van der Waals surface area contributed by atoms with Crippen molar-refractivity contribution < 1.29 is 14.0 Å². The summed E-state index contributed by atoms with van der Waals surface area (Å²) >= 11 is 6.15. The number of amides is 2. The first kappa shape index (κ1) is 25.1. The van der Waals surface area contributed by atoms with Gasteiger partial charge in [0.1, 0.15) is 18.0 Å². The van der Waals surface area contributed by atoms with Crippen LogP contribution in [-0.4, -0.2) is 52.9 Å². The van der Waals surface area contributed by atoms with Crippen molar-refractivity contribution in [1.29, 1.82) is 0 Å². The van der Waals surface area contributed by atoms with Crippen LogP contribution in [0, 0.1) is 12.7 Å². The van der Waals surface area contributed by atoms with Crippen LogP contribution in [0.5, 0.6) is 0 Å². The third-order valence-corrected chi connectivity index (χ3v) is 7.74. The van der Waals surface area contributed by atoms with Crippen molar-refractivity contribution in [2.45, 2.75) is 44.7 Å². The molecule has 0 spiro atoms. The molecule has 1 fully saturated rings. The van der Waals surface area contributed by atoms with Gasteiger partial charge in [0, 0.05) is 37.9 Å². The number of anilines is 1. The molecule has 0 saturated carbocycles. The minimum atomic E-state index is -0.566. The van der Waals surface area contributed by atoms with Crippen molar-refractivity contribution in [3.63, 3.8) is 0 Å². The highest BCUT2D eigenvalue weighted by molar-refractivity contribution is 6.33. The summed E-state index contributed by atoms with van der Waals surface area (Å²) in [5, 5.41) is 3.33. The normalized spacial score (nSPS) is 17.4. The van der Waals surface area contributed by atoms with Crippen molar-refractivity contribution in [3.05, 3.63) is 87.6 Å². The van der Waals surface area contributed by atoms with Crippen LogP contribution in [0.2, 0.25) is 5.02 Å². The van der Waals surface area contributed by atoms with Gasteiger partial charge in [-0.25, -0.2) is 14.4 Å². The Bertz CT molecular complexity index is 1340. The number of halogens is 2. The van der Waals surface area contributed by atoms with E-state index in [0.29, 0.717) is 29.0 Å². The second-order valence-electron chi connectivity index (χ2n) is 9.73. The molecular weight excluding hydrogens is 493 g/mol. The lowest BCUT2D eigenvalue weighted by Gasteiger charge is -2.37. The number of piperidine rings is 1. The van der Waals surface area contributed by atoms with Crippen molar-refractivity contribution in [2.75, 3.05) is 25.0 Å². The van der Waals surface area contributed by atoms with Gasteiger partial charge in [0.2, 0.25) is 0 Å². The number of aromatic nitrogens is 2. The molecule has 5 rings (SSSR count). The molecule has 1 saturated heterocycles. The molecule has 1 atom stereocenters. The molecule has 2 amide bonds. The second-order valence-corrected chi connectivity index (χ2v) is 10.1. The van der Waals surface area contributed by atoms with Crippen molar-refractivity contribution >= 4 is 29.2 Å². The molecule has 37 heavy (non-hydrogen) atoms. The van der Waals surface area contributed by atoms with E-state index in [0.717, 1.165) is 43.0 Å². The number of carbonyl (C=O) groups is 2. The Balaban J connectivity index is 1.25. The number of carbonyl (C=O) groups excluding carboxylic acids is 2. The summed E-state index contributed by atoms with van der Waals surface area (Å²) in [6.07, 6.45) is 4.40. The quantitative estimate of drug-likeness (QED) is 0.525. The van der Waals surface area contributed by atoms with Gasteiger partial charge in [-0.3, -0.25) is 9.59 Å². The average molecular weight is 522 g/mol. The van der Waals surface area contributed by atoms with E-state index in [2.05, 4.69) is 20.2 Å². The Morgan fingerprint density at radius 2 is 1.84 bits per heavy atom. The highest BCUT2D eigenvalue weighted by Crippen LogP contribution is 2.34. The lowest BCUT2D eigenvalue weighted by atomic mass is 10.00. The lowest BCUT2D eigenvalue weighted by Crippen LogP contribution is -2.46. The number of hydrogen-bond acceptors (Lipinski definition) is 5. The van der Waals surface area contributed by atoms with Gasteiger partial charge in [-0.15, -0.1) is 0 Å². The first-order valence-corrected chi connectivity index (χ1v) is 12.9. The van der Waals surface area contributed by atoms with Gasteiger partial charge in [0.05, 0.1) is 22.2 Å². The van der Waals surface area contributed by atoms with Gasteiger partial charge < -0.3 is 15.1 Å². The Hall–Kier alpha value is -3.52. The van der Waals surface area contributed by atoms with E-state index in [1.807, 2.05) is 13.0 Å². The van der Waals surface area contributed by atoms with Crippen LogP contribution < -0.4 is 10.2 Å². The van der Waals surface area contributed by atoms with Crippen LogP contribution in [0.1, 0.15) is 62.8 Å². The summed E-state index contributed by atoms with van der Waals surface area (Å²) in [4.78, 5) is 38.4. The fraction of sp³-hybridized carbons (Fsp3) is 0.357. The summed E-state index contributed by atoms with van der Waals surface area (Å²) in [6, 6.07) is 11.5. The van der Waals surface area contributed by atoms with Gasteiger partial charge in [-0.05, 0) is 68.0 Å². The maximum Gasteiger partial charge on any atom is 0.256 e. The predicted molar refractivity (Wildman–Crippen MR) is 140 cm³/mol. The molecule has 1 aliphatic heterocycles. The van der Waals surface area contributed by atoms with Crippen molar-refractivity contribution in [2.24, 2.45) is 0 Å². The summed E-state index contributed by atoms with van der Waals surface area (Å²) in [5.41, 5.74) is 2.97. The summed E-state index contributed by atoms with van der Waals surface area (Å²) in [6.45, 7) is 3.46. The molecule has 0 bridgehead atoms. The molecule has 2 heterocycles. The van der Waals surface area contributed by atoms with Gasteiger partial charge in [0.15, 0.2) is 0 Å². The smallest absolute Gasteiger partial charge is 0.256 e. The van der Waals surface area contributed by atoms with Crippen LogP contribution in [0.15, 0.2) is 48.8 Å². The maximum atomic E-state index is 15.2. The van der Waals surface area contributed by atoms with Crippen LogP contribution in [-0.2, 0) is 6.42 Å². The fourth-order valence-corrected chi connectivity index (χ4v) is 5.50. The molecule has 2 aliphatic rings. The third kappa shape index (κ3) is 5.16. The molecule has 1 N–H and O–H groups in total. The number of benzene rings is 2. The summed E-state index contributed by atoms with van der Waals surface area (Å²) in [5.74, 6) is -0.295. The zero-order valence-corrected chi connectivity index (χ0v) is 21.6. The van der Waals surface area contributed by atoms with E-state index in [1.165, 1.54) is 6.07 Å². The molecule has 7 nitrogen and oxygen atoms in total. The third-order valence-electron chi connectivity index (χ3n) is 7.41. The minimum Gasteiger partial charge on any atom is -0.356 e. The minimum absolute atomic E-state index is 0.0157. The van der Waals surface area contributed by atoms with E-state index < -0.39 is 5.82 Å². The monoisotopic (exact) mass is 521 g/mol. The predicted octanol–water partition coefficient (Wildman–Crippen LogP) is 4.74. The molecule has 192 valence electrons. The Morgan fingerprint density at radius 1 is 1.08 bits per heavy atom. The summed E-state index contributed by atoms with van der Waals surface area (Å²) < 4.78 is 15.2. The topological polar surface area (TPSA) is 78.4 Å². The molecule has 0 radical (unpaired) electrons. The fourth-order valence-electron chi connectivity index (χ4n) is 5.28. The standard InChI is InChI=1S/C28H29ClFN5O2/c1-17-13-26(32-16-31-17)35-11-9-19(10-12-35)34(2)28(37)22-14-18-7-8-25(21(18)15-24(22)30)33-27(36)20-5-3-4-6-23(20)29/h3-6,13-16,19,25H,7-12H2,1-2H3,(H,33,36)/t25-/m1/s1. The Kier molecular flexibility index (Phi) is 7.11. The van der Waals surface area contributed by atoms with Crippen molar-refractivity contribution in [3.8, 4) is 0 Å². The molecule has 9 heteroatoms. The van der Waals surface area contributed by atoms with Crippen LogP contribution >= 0.6 is 11.6 Å². The van der Waals surface area contributed by atoms with E-state index in [4.69, 9.17) is 11.6 Å². The summed E-state index contributed by atoms with van der Waals surface area (Å²) in [7, 11) is 1.75. The van der Waals surface area contributed by atoms with E-state index >= 15 is 4.39 Å². The molecule has 1 aromatic heterocycles. The Morgan fingerprint density at radius 3 is 2.57 bits per heavy atom. The number of nitrogens with zero attached hydrogens (tertiary/aromatic N) is 4. The van der Waals surface area contributed by atoms with Crippen LogP contribution in [0.25, 0.3) is 0 Å². The molecule has 2 aromatic carbocycles. The van der Waals surface area contributed by atoms with Gasteiger partial charge in [-0.1, -0.05) is 23.7 Å². The number of rotatable bonds is 5. The second kappa shape index (κ2) is 10.5. The number of hydrogen-bond donors (Lipinski definition) is 1. The highest BCUT2D eigenvalue weighted by Gasteiger charge is 2.31. The molecule has 1 aliphatic carbocycles. The first-order valence-electron chi connectivity index (χ1n) is 12.5. The van der Waals surface area contributed by atoms with E-state index in [1.54, 1.807) is 48.6 Å². The largest absolute Gasteiger partial charge is 0.356 e. The SMILES string of the molecule is Cc1cc(N2CCC(N(C)C(=O)c3cc4c(cc3F)[C@H](NC(=O)c3ccccc3Cl)CC4)CC2)ncn1. The lowest BCUT2D eigenvalue weighted by molar-refractivity contribution is 0.0704. The van der Waals surface area contributed by atoms with Crippen molar-refractivity contribution in [1.82, 2.24) is 20.2 Å². The zero-order chi connectivity index (χ0) is 26.1. The molecular formula is C28H29ClFN5O2. The zero-order valence-electron chi connectivity index (χ0n) is 20.9. The molecule has 3 aromatic rings. The Labute approximate surface area is 220 Å². The number of nitrogens with one attached hydrogen (secondary N) is 1. The van der Waals surface area contributed by atoms with Gasteiger partial charge in [-0.2, -0.15) is 0 Å². The van der Waals surface area contributed by atoms with Gasteiger partial charge in [0.25, 0.3) is 11.8 Å².